The molecule has 0 amide bonds. The van der Waals surface area contributed by atoms with Crippen molar-refractivity contribution in [3.8, 4) is 0 Å². The third-order valence-corrected chi connectivity index (χ3v) is 4.61. The van der Waals surface area contributed by atoms with Crippen molar-refractivity contribution in [3.63, 3.8) is 0 Å². The fourth-order valence-corrected chi connectivity index (χ4v) is 3.67. The van der Waals surface area contributed by atoms with Crippen molar-refractivity contribution in [3.05, 3.63) is 60.2 Å². The van der Waals surface area contributed by atoms with E-state index in [0.29, 0.717) is 0 Å². The van der Waals surface area contributed by atoms with Crippen molar-refractivity contribution in [2.24, 2.45) is 0 Å². The monoisotopic (exact) mass is 312 g/mol. The van der Waals surface area contributed by atoms with Gasteiger partial charge in [-0.1, -0.05) is 54.2 Å². The van der Waals surface area contributed by atoms with Gasteiger partial charge in [0.1, 0.15) is 6.54 Å². The van der Waals surface area contributed by atoms with Crippen LogP contribution in [0.2, 0.25) is 0 Å². The van der Waals surface area contributed by atoms with E-state index in [2.05, 4.69) is 60.5 Å². The maximum Gasteiger partial charge on any atom is 0.166 e. The molecule has 0 fully saturated rings. The molecule has 1 N–H and O–H groups in total. The van der Waals surface area contributed by atoms with Gasteiger partial charge in [0.2, 0.25) is 0 Å². The lowest BCUT2D eigenvalue weighted by Crippen LogP contribution is -2.40. The van der Waals surface area contributed by atoms with Gasteiger partial charge in [-0.25, -0.2) is 4.98 Å². The van der Waals surface area contributed by atoms with Crippen LogP contribution in [0.5, 0.6) is 0 Å². The lowest BCUT2D eigenvalue weighted by atomic mass is 10.2. The number of aromatic amines is 1. The van der Waals surface area contributed by atoms with Crippen LogP contribution in [-0.2, 0) is 6.54 Å². The molecule has 22 heavy (non-hydrogen) atoms. The summed E-state index contributed by atoms with van der Waals surface area (Å²) in [6.45, 7) is 2.16. The van der Waals surface area contributed by atoms with Crippen LogP contribution in [0.3, 0.4) is 0 Å². The molecule has 0 aliphatic rings. The van der Waals surface area contributed by atoms with Crippen LogP contribution in [-0.4, -0.2) is 40.8 Å². The van der Waals surface area contributed by atoms with Crippen LogP contribution < -0.4 is 0 Å². The van der Waals surface area contributed by atoms with Crippen LogP contribution in [0.4, 0.5) is 0 Å². The summed E-state index contributed by atoms with van der Waals surface area (Å²) < 4.78 is 0.983. The number of hydrogen-bond acceptors (Lipinski definition) is 2. The lowest BCUT2D eigenvalue weighted by Gasteiger charge is -2.29. The number of benzene rings is 2. The Morgan fingerprint density at radius 2 is 1.73 bits per heavy atom. The Bertz CT molecular complexity index is 701. The largest absolute Gasteiger partial charge is 0.333 e. The molecule has 0 atom stereocenters. The molecule has 0 radical (unpaired) electrons. The summed E-state index contributed by atoms with van der Waals surface area (Å²) in [4.78, 5) is 7.99. The predicted octanol–water partition coefficient (Wildman–Crippen LogP) is 3.93. The van der Waals surface area contributed by atoms with E-state index in [4.69, 9.17) is 0 Å². The van der Waals surface area contributed by atoms with E-state index < -0.39 is 0 Å². The Hall–Kier alpha value is -1.78. The lowest BCUT2D eigenvalue weighted by molar-refractivity contribution is -0.901. The normalized spacial score (nSPS) is 11.9. The molecule has 3 aromatic rings. The second-order valence-electron chi connectivity index (χ2n) is 6.21. The number of nitrogens with zero attached hydrogens (tertiary/aromatic N) is 2. The molecule has 0 saturated carbocycles. The number of fused-ring (bicyclic) bond motifs is 1. The number of thioether (sulfide) groups is 1. The third-order valence-electron chi connectivity index (χ3n) is 3.76. The SMILES string of the molecule is C[N+](C)(CCSc1nc2ccccc2[nH]1)Cc1ccccc1. The van der Waals surface area contributed by atoms with E-state index in [-0.39, 0.29) is 0 Å². The topological polar surface area (TPSA) is 28.7 Å². The number of nitrogens with one attached hydrogen (secondary N) is 1. The molecule has 0 aliphatic carbocycles. The second kappa shape index (κ2) is 6.55. The first kappa shape index (κ1) is 15.1. The number of para-hydroxylation sites is 2. The van der Waals surface area contributed by atoms with Gasteiger partial charge in [0, 0.05) is 5.56 Å². The molecule has 1 aromatic heterocycles. The van der Waals surface area contributed by atoms with Crippen molar-refractivity contribution in [1.29, 1.82) is 0 Å². The van der Waals surface area contributed by atoms with E-state index >= 15 is 0 Å². The van der Waals surface area contributed by atoms with Crippen LogP contribution in [0.25, 0.3) is 11.0 Å². The van der Waals surface area contributed by atoms with Crippen molar-refractivity contribution in [2.45, 2.75) is 11.7 Å². The molecule has 2 aromatic carbocycles. The molecule has 0 spiro atoms. The second-order valence-corrected chi connectivity index (χ2v) is 7.29. The van der Waals surface area contributed by atoms with E-state index in [0.717, 1.165) is 39.5 Å². The Morgan fingerprint density at radius 3 is 2.50 bits per heavy atom. The van der Waals surface area contributed by atoms with Crippen molar-refractivity contribution < 1.29 is 4.48 Å². The minimum absolute atomic E-state index is 0.983. The van der Waals surface area contributed by atoms with Crippen LogP contribution in [0.1, 0.15) is 5.56 Å². The summed E-state index contributed by atoms with van der Waals surface area (Å²) in [7, 11) is 4.57. The molecule has 1 heterocycles. The van der Waals surface area contributed by atoms with Crippen molar-refractivity contribution >= 4 is 22.8 Å². The highest BCUT2D eigenvalue weighted by atomic mass is 32.2. The van der Waals surface area contributed by atoms with Gasteiger partial charge in [-0.05, 0) is 12.1 Å². The van der Waals surface area contributed by atoms with Gasteiger partial charge in [-0.3, -0.25) is 0 Å². The first-order chi connectivity index (χ1) is 10.6. The van der Waals surface area contributed by atoms with Crippen LogP contribution in [0.15, 0.2) is 59.8 Å². The Labute approximate surface area is 136 Å². The summed E-state index contributed by atoms with van der Waals surface area (Å²) in [5.74, 6) is 1.06. The third kappa shape index (κ3) is 3.90. The van der Waals surface area contributed by atoms with Gasteiger partial charge in [-0.15, -0.1) is 0 Å². The molecule has 0 bridgehead atoms. The predicted molar refractivity (Wildman–Crippen MR) is 93.9 cm³/mol. The number of rotatable bonds is 6. The fraction of sp³-hybridized carbons (Fsp3) is 0.278. The van der Waals surface area contributed by atoms with Crippen LogP contribution >= 0.6 is 11.8 Å². The van der Waals surface area contributed by atoms with Gasteiger partial charge in [0.15, 0.2) is 5.16 Å². The van der Waals surface area contributed by atoms with E-state index in [1.54, 1.807) is 11.8 Å². The molecule has 114 valence electrons. The maximum atomic E-state index is 4.62. The first-order valence-corrected chi connectivity index (χ1v) is 8.54. The Morgan fingerprint density at radius 1 is 1.00 bits per heavy atom. The molecule has 0 unspecified atom stereocenters. The molecule has 3 rings (SSSR count). The van der Waals surface area contributed by atoms with E-state index in [1.807, 2.05) is 18.2 Å². The van der Waals surface area contributed by atoms with Gasteiger partial charge in [0.25, 0.3) is 0 Å². The smallest absolute Gasteiger partial charge is 0.166 e. The minimum atomic E-state index is 0.983. The zero-order chi connectivity index (χ0) is 15.4. The summed E-state index contributed by atoms with van der Waals surface area (Å²) in [5, 5.41) is 1.01. The highest BCUT2D eigenvalue weighted by Crippen LogP contribution is 2.20. The molecule has 0 aliphatic heterocycles. The number of imidazole rings is 1. The van der Waals surface area contributed by atoms with Gasteiger partial charge in [-0.2, -0.15) is 0 Å². The molecular formula is C18H22N3S+. The van der Waals surface area contributed by atoms with Gasteiger partial charge < -0.3 is 9.47 Å². The maximum absolute atomic E-state index is 4.62. The van der Waals surface area contributed by atoms with Crippen LogP contribution in [0, 0.1) is 0 Å². The number of quaternary nitrogens is 1. The van der Waals surface area contributed by atoms with Gasteiger partial charge in [0.05, 0.1) is 37.4 Å². The highest BCUT2D eigenvalue weighted by molar-refractivity contribution is 7.99. The Kier molecular flexibility index (Phi) is 4.50. The van der Waals surface area contributed by atoms with Crippen molar-refractivity contribution in [1.82, 2.24) is 9.97 Å². The first-order valence-electron chi connectivity index (χ1n) is 7.56. The number of hydrogen-bond donors (Lipinski definition) is 1. The summed E-state index contributed by atoms with van der Waals surface area (Å²) in [6.07, 6.45) is 0. The standard InChI is InChI=1S/C18H22N3S/c1-21(2,14-15-8-4-3-5-9-15)12-13-22-18-19-16-10-6-7-11-17(16)20-18/h3-11H,12-14H2,1-2H3,(H,19,20)/q+1. The number of aromatic nitrogens is 2. The summed E-state index contributed by atoms with van der Waals surface area (Å²) in [6, 6.07) is 18.9. The highest BCUT2D eigenvalue weighted by Gasteiger charge is 2.16. The zero-order valence-corrected chi connectivity index (χ0v) is 13.9. The van der Waals surface area contributed by atoms with E-state index in [9.17, 15) is 0 Å². The average molecular weight is 312 g/mol. The average Bonchev–Trinajstić information content (AvgIpc) is 2.90. The molecule has 3 nitrogen and oxygen atoms in total. The van der Waals surface area contributed by atoms with Gasteiger partial charge >= 0.3 is 0 Å². The van der Waals surface area contributed by atoms with Crippen molar-refractivity contribution in [2.75, 3.05) is 26.4 Å². The van der Waals surface area contributed by atoms with E-state index in [1.165, 1.54) is 5.56 Å². The molecule has 4 heteroatoms. The summed E-state index contributed by atoms with van der Waals surface area (Å²) >= 11 is 1.80. The quantitative estimate of drug-likeness (QED) is 0.552. The minimum Gasteiger partial charge on any atom is -0.333 e. The fourth-order valence-electron chi connectivity index (χ4n) is 2.54. The zero-order valence-electron chi connectivity index (χ0n) is 13.1. The molecule has 0 saturated heterocycles. The molecular weight excluding hydrogens is 290 g/mol. The summed E-state index contributed by atoms with van der Waals surface area (Å²) in [5.41, 5.74) is 3.55. The number of H-pyrrole nitrogens is 1. The Balaban J connectivity index is 1.55.